The van der Waals surface area contributed by atoms with Crippen LogP contribution in [0.15, 0.2) is 74.6 Å². The Morgan fingerprint density at radius 1 is 1.07 bits per heavy atom. The zero-order valence-electron chi connectivity index (χ0n) is 15.4. The lowest BCUT2D eigenvalue weighted by molar-refractivity contribution is 0.574. The molecule has 0 aliphatic rings. The van der Waals surface area contributed by atoms with Gasteiger partial charge in [-0.05, 0) is 43.3 Å². The summed E-state index contributed by atoms with van der Waals surface area (Å²) in [4.78, 5) is 4.21. The third kappa shape index (κ3) is 4.05. The summed E-state index contributed by atoms with van der Waals surface area (Å²) in [5.41, 5.74) is 5.52. The first-order valence-corrected chi connectivity index (χ1v) is 9.13. The number of hydrazone groups is 1. The van der Waals surface area contributed by atoms with E-state index in [9.17, 15) is 5.26 Å². The van der Waals surface area contributed by atoms with Gasteiger partial charge in [0.15, 0.2) is 0 Å². The minimum Gasteiger partial charge on any atom is -0.455 e. The predicted octanol–water partition coefficient (Wildman–Crippen LogP) is 5.88. The number of nitrogens with one attached hydrogen (secondary N) is 1. The van der Waals surface area contributed by atoms with Gasteiger partial charge in [-0.25, -0.2) is 5.43 Å². The second-order valence-corrected chi connectivity index (χ2v) is 6.63. The number of halogens is 1. The van der Waals surface area contributed by atoms with Crippen LogP contribution < -0.4 is 5.43 Å². The number of nitriles is 1. The van der Waals surface area contributed by atoms with Gasteiger partial charge in [0.1, 0.15) is 17.6 Å². The normalized spacial score (nSPS) is 10.9. The molecule has 0 aliphatic heterocycles. The predicted molar refractivity (Wildman–Crippen MR) is 112 cm³/mol. The summed E-state index contributed by atoms with van der Waals surface area (Å²) in [7, 11) is 0. The van der Waals surface area contributed by atoms with E-state index >= 15 is 0 Å². The summed E-state index contributed by atoms with van der Waals surface area (Å²) in [6, 6.07) is 20.7. The molecule has 2 heterocycles. The largest absolute Gasteiger partial charge is 0.455 e. The molecule has 4 rings (SSSR count). The van der Waals surface area contributed by atoms with Crippen LogP contribution in [0, 0.1) is 18.3 Å². The van der Waals surface area contributed by atoms with Gasteiger partial charge in [0.2, 0.25) is 11.6 Å². The lowest BCUT2D eigenvalue weighted by Gasteiger charge is -1.99. The van der Waals surface area contributed by atoms with Gasteiger partial charge in [-0.2, -0.15) is 15.3 Å². The average molecular weight is 403 g/mol. The fraction of sp³-hybridized carbons (Fsp3) is 0.0455. The molecule has 4 aromatic rings. The van der Waals surface area contributed by atoms with Crippen LogP contribution in [-0.4, -0.2) is 11.2 Å². The van der Waals surface area contributed by atoms with Gasteiger partial charge in [-0.15, -0.1) is 0 Å². The van der Waals surface area contributed by atoms with Gasteiger partial charge in [0.25, 0.3) is 5.88 Å². The first-order valence-electron chi connectivity index (χ1n) is 8.76. The lowest BCUT2D eigenvalue weighted by atomic mass is 10.1. The van der Waals surface area contributed by atoms with Crippen molar-refractivity contribution in [2.24, 2.45) is 5.10 Å². The minimum absolute atomic E-state index is 0.119. The van der Waals surface area contributed by atoms with Crippen molar-refractivity contribution in [2.75, 3.05) is 5.43 Å². The number of anilines is 1. The van der Waals surface area contributed by atoms with Crippen molar-refractivity contribution < 1.29 is 8.83 Å². The summed E-state index contributed by atoms with van der Waals surface area (Å²) in [5, 5.41) is 14.0. The van der Waals surface area contributed by atoms with Crippen LogP contribution in [0.5, 0.6) is 0 Å². The number of oxazole rings is 1. The number of furan rings is 1. The highest BCUT2D eigenvalue weighted by Crippen LogP contribution is 2.29. The Bertz CT molecular complexity index is 1220. The van der Waals surface area contributed by atoms with E-state index in [1.807, 2.05) is 61.5 Å². The molecule has 0 spiro atoms. The van der Waals surface area contributed by atoms with Crippen molar-refractivity contribution >= 4 is 23.7 Å². The summed E-state index contributed by atoms with van der Waals surface area (Å²) in [5.74, 6) is 1.66. The molecule has 0 unspecified atom stereocenters. The molecular formula is C22H15ClN4O2. The van der Waals surface area contributed by atoms with Gasteiger partial charge in [0, 0.05) is 11.1 Å². The number of hydrogen-bond acceptors (Lipinski definition) is 6. The van der Waals surface area contributed by atoms with Crippen LogP contribution in [0.4, 0.5) is 5.88 Å². The molecule has 2 aromatic heterocycles. The molecule has 0 atom stereocenters. The van der Waals surface area contributed by atoms with Gasteiger partial charge in [0.05, 0.1) is 11.2 Å². The standard InChI is InChI=1S/C22H15ClN4O2/c1-14-6-8-15(9-7-14)21-26-19(12-24)22(29-21)27-25-13-16-10-11-20(28-16)17-4-2-3-5-18(17)23/h2-11,13,27H,1H3/b25-13-. The summed E-state index contributed by atoms with van der Waals surface area (Å²) >= 11 is 6.19. The second-order valence-electron chi connectivity index (χ2n) is 6.23. The smallest absolute Gasteiger partial charge is 0.252 e. The Labute approximate surface area is 172 Å². The van der Waals surface area contributed by atoms with Crippen molar-refractivity contribution in [3.05, 3.63) is 82.7 Å². The van der Waals surface area contributed by atoms with E-state index in [0.717, 1.165) is 16.7 Å². The Balaban J connectivity index is 1.51. The molecule has 7 heteroatoms. The Hall–Kier alpha value is -3.82. The van der Waals surface area contributed by atoms with Gasteiger partial charge in [-0.1, -0.05) is 41.4 Å². The van der Waals surface area contributed by atoms with Crippen molar-refractivity contribution in [3.8, 4) is 28.8 Å². The summed E-state index contributed by atoms with van der Waals surface area (Å²) in [6.07, 6.45) is 1.48. The van der Waals surface area contributed by atoms with E-state index < -0.39 is 0 Å². The van der Waals surface area contributed by atoms with Crippen LogP contribution >= 0.6 is 11.6 Å². The van der Waals surface area contributed by atoms with Crippen LogP contribution in [0.25, 0.3) is 22.8 Å². The number of aryl methyl sites for hydroxylation is 1. The SMILES string of the molecule is Cc1ccc(-c2nc(C#N)c(N/N=C\c3ccc(-c4ccccc4Cl)o3)o2)cc1. The minimum atomic E-state index is 0.119. The molecule has 0 saturated heterocycles. The van der Waals surface area contributed by atoms with E-state index in [1.165, 1.54) is 6.21 Å². The molecule has 2 aromatic carbocycles. The number of benzene rings is 2. The van der Waals surface area contributed by atoms with Gasteiger partial charge < -0.3 is 8.83 Å². The van der Waals surface area contributed by atoms with Crippen molar-refractivity contribution in [1.82, 2.24) is 4.98 Å². The molecule has 0 amide bonds. The zero-order chi connectivity index (χ0) is 20.2. The van der Waals surface area contributed by atoms with Crippen LogP contribution in [0.3, 0.4) is 0 Å². The molecule has 0 radical (unpaired) electrons. The maximum Gasteiger partial charge on any atom is 0.252 e. The third-order valence-corrected chi connectivity index (χ3v) is 4.49. The fourth-order valence-corrected chi connectivity index (χ4v) is 2.90. The van der Waals surface area contributed by atoms with E-state index in [0.29, 0.717) is 22.4 Å². The highest BCUT2D eigenvalue weighted by molar-refractivity contribution is 6.33. The third-order valence-electron chi connectivity index (χ3n) is 4.16. The number of rotatable bonds is 5. The fourth-order valence-electron chi connectivity index (χ4n) is 2.67. The first kappa shape index (κ1) is 18.5. The first-order chi connectivity index (χ1) is 14.1. The maximum absolute atomic E-state index is 9.30. The lowest BCUT2D eigenvalue weighted by Crippen LogP contribution is -1.90. The quantitative estimate of drug-likeness (QED) is 0.332. The Morgan fingerprint density at radius 2 is 1.86 bits per heavy atom. The van der Waals surface area contributed by atoms with Crippen LogP contribution in [-0.2, 0) is 0 Å². The Morgan fingerprint density at radius 3 is 2.62 bits per heavy atom. The molecule has 1 N–H and O–H groups in total. The monoisotopic (exact) mass is 402 g/mol. The van der Waals surface area contributed by atoms with Gasteiger partial charge >= 0.3 is 0 Å². The van der Waals surface area contributed by atoms with Crippen LogP contribution in [0.2, 0.25) is 5.02 Å². The highest BCUT2D eigenvalue weighted by Gasteiger charge is 2.14. The molecule has 0 bridgehead atoms. The van der Waals surface area contributed by atoms with Crippen molar-refractivity contribution in [3.63, 3.8) is 0 Å². The summed E-state index contributed by atoms with van der Waals surface area (Å²) in [6.45, 7) is 1.99. The average Bonchev–Trinajstić information content (AvgIpc) is 3.36. The molecule has 0 fully saturated rings. The zero-order valence-corrected chi connectivity index (χ0v) is 16.1. The molecule has 29 heavy (non-hydrogen) atoms. The van der Waals surface area contributed by atoms with Gasteiger partial charge in [-0.3, -0.25) is 0 Å². The Kier molecular flexibility index (Phi) is 5.14. The number of hydrogen-bond donors (Lipinski definition) is 1. The molecule has 6 nitrogen and oxygen atoms in total. The topological polar surface area (TPSA) is 87.4 Å². The second kappa shape index (κ2) is 8.05. The van der Waals surface area contributed by atoms with Crippen molar-refractivity contribution in [2.45, 2.75) is 6.92 Å². The van der Waals surface area contributed by atoms with E-state index in [2.05, 4.69) is 15.5 Å². The summed E-state index contributed by atoms with van der Waals surface area (Å²) < 4.78 is 11.4. The highest BCUT2D eigenvalue weighted by atomic mass is 35.5. The number of aromatic nitrogens is 1. The van der Waals surface area contributed by atoms with Crippen molar-refractivity contribution in [1.29, 1.82) is 5.26 Å². The molecule has 0 aliphatic carbocycles. The van der Waals surface area contributed by atoms with Crippen LogP contribution in [0.1, 0.15) is 17.0 Å². The molecule has 0 saturated carbocycles. The molecular weight excluding hydrogens is 388 g/mol. The maximum atomic E-state index is 9.30. The van der Waals surface area contributed by atoms with E-state index in [-0.39, 0.29) is 11.6 Å². The van der Waals surface area contributed by atoms with E-state index in [4.69, 9.17) is 20.4 Å². The molecule has 142 valence electrons. The number of nitrogens with zero attached hydrogens (tertiary/aromatic N) is 3. The van der Waals surface area contributed by atoms with E-state index in [1.54, 1.807) is 12.1 Å².